The molecule has 4 aromatic rings. The van der Waals surface area contributed by atoms with E-state index in [0.717, 1.165) is 16.9 Å². The van der Waals surface area contributed by atoms with Crippen molar-refractivity contribution in [2.45, 2.75) is 27.3 Å². The molecule has 0 saturated carbocycles. The highest BCUT2D eigenvalue weighted by Gasteiger charge is 2.21. The van der Waals surface area contributed by atoms with E-state index in [1.165, 1.54) is 30.5 Å². The third kappa shape index (κ3) is 4.07. The van der Waals surface area contributed by atoms with E-state index in [1.807, 2.05) is 45.0 Å². The van der Waals surface area contributed by atoms with E-state index >= 15 is 0 Å². The van der Waals surface area contributed by atoms with Gasteiger partial charge in [-0.3, -0.25) is 14.3 Å². The summed E-state index contributed by atoms with van der Waals surface area (Å²) in [6.45, 7) is 5.63. The Hall–Kier alpha value is -4.07. The first-order valence-corrected chi connectivity index (χ1v) is 10.1. The van der Waals surface area contributed by atoms with Crippen molar-refractivity contribution in [2.75, 3.05) is 0 Å². The molecule has 0 spiro atoms. The van der Waals surface area contributed by atoms with E-state index < -0.39 is 5.82 Å². The van der Waals surface area contributed by atoms with Crippen molar-refractivity contribution < 1.29 is 14.0 Å². The van der Waals surface area contributed by atoms with E-state index in [-0.39, 0.29) is 18.2 Å². The van der Waals surface area contributed by atoms with Crippen LogP contribution >= 0.6 is 0 Å². The first kappa shape index (κ1) is 21.2. The van der Waals surface area contributed by atoms with Crippen molar-refractivity contribution in [1.29, 1.82) is 0 Å². The number of hydrazone groups is 1. The zero-order chi connectivity index (χ0) is 22.8. The number of ketones is 1. The fourth-order valence-electron chi connectivity index (χ4n) is 3.71. The monoisotopic (exact) mass is 431 g/mol. The first-order valence-electron chi connectivity index (χ1n) is 10.1. The number of pyridine rings is 1. The van der Waals surface area contributed by atoms with Crippen molar-refractivity contribution in [2.24, 2.45) is 5.10 Å². The number of rotatable bonds is 6. The Bertz CT molecular complexity index is 1350. The number of nitrogens with one attached hydrogen (secondary N) is 1. The number of fused-ring (bicyclic) bond motifs is 1. The van der Waals surface area contributed by atoms with Crippen molar-refractivity contribution in [3.8, 4) is 0 Å². The number of carbonyl (C=O) groups excluding carboxylic acids is 2. The van der Waals surface area contributed by atoms with Gasteiger partial charge in [-0.1, -0.05) is 6.07 Å². The third-order valence-electron chi connectivity index (χ3n) is 5.24. The first-order chi connectivity index (χ1) is 15.3. The molecule has 0 radical (unpaired) electrons. The number of halogens is 1. The normalized spacial score (nSPS) is 11.4. The smallest absolute Gasteiger partial charge is 0.261 e. The molecule has 162 valence electrons. The molecule has 0 fully saturated rings. The van der Waals surface area contributed by atoms with Crippen LogP contribution in [0, 0.1) is 26.6 Å². The van der Waals surface area contributed by atoms with Gasteiger partial charge in [-0.05, 0) is 68.8 Å². The Morgan fingerprint density at radius 1 is 1.12 bits per heavy atom. The topological polar surface area (TPSA) is 80.8 Å². The van der Waals surface area contributed by atoms with Crippen LogP contribution in [0.4, 0.5) is 4.39 Å². The highest BCUT2D eigenvalue weighted by atomic mass is 19.1. The zero-order valence-corrected chi connectivity index (χ0v) is 18.0. The maximum absolute atomic E-state index is 13.3. The fraction of sp³-hybridized carbons (Fsp3) is 0.167. The van der Waals surface area contributed by atoms with Crippen molar-refractivity contribution in [3.63, 3.8) is 0 Å². The van der Waals surface area contributed by atoms with Gasteiger partial charge in [0.05, 0.1) is 23.1 Å². The lowest BCUT2D eigenvalue weighted by Gasteiger charge is -2.04. The average Bonchev–Trinajstić information content (AvgIpc) is 3.23. The van der Waals surface area contributed by atoms with Crippen molar-refractivity contribution in [1.82, 2.24) is 19.6 Å². The van der Waals surface area contributed by atoms with E-state index in [9.17, 15) is 14.0 Å². The predicted octanol–water partition coefficient (Wildman–Crippen LogP) is 3.58. The summed E-state index contributed by atoms with van der Waals surface area (Å²) in [5.74, 6) is -0.935. The second-order valence-electron chi connectivity index (χ2n) is 7.56. The average molecular weight is 431 g/mol. The van der Waals surface area contributed by atoms with Crippen LogP contribution in [0.25, 0.3) is 5.52 Å². The van der Waals surface area contributed by atoms with Gasteiger partial charge in [0, 0.05) is 23.0 Å². The van der Waals surface area contributed by atoms with Crippen LogP contribution in [-0.2, 0) is 11.3 Å². The lowest BCUT2D eigenvalue weighted by molar-refractivity contribution is -0.121. The summed E-state index contributed by atoms with van der Waals surface area (Å²) >= 11 is 0. The van der Waals surface area contributed by atoms with Crippen LogP contribution in [-0.4, -0.2) is 32.1 Å². The Labute approximate surface area is 184 Å². The molecule has 0 unspecified atom stereocenters. The number of aromatic nitrogens is 3. The largest absolute Gasteiger partial charge is 0.313 e. The van der Waals surface area contributed by atoms with E-state index in [1.54, 1.807) is 15.3 Å². The molecule has 4 rings (SSSR count). The number of aryl methyl sites for hydroxylation is 2. The minimum atomic E-state index is -0.401. The van der Waals surface area contributed by atoms with Gasteiger partial charge < -0.3 is 4.40 Å². The molecule has 3 heterocycles. The molecular weight excluding hydrogens is 409 g/mol. The molecule has 1 amide bonds. The van der Waals surface area contributed by atoms with Gasteiger partial charge in [-0.25, -0.2) is 9.82 Å². The molecule has 0 saturated heterocycles. The van der Waals surface area contributed by atoms with Gasteiger partial charge in [0.2, 0.25) is 5.78 Å². The maximum atomic E-state index is 13.3. The lowest BCUT2D eigenvalue weighted by Crippen LogP contribution is -2.24. The molecule has 8 heteroatoms. The van der Waals surface area contributed by atoms with Crippen LogP contribution in [0.3, 0.4) is 0 Å². The highest BCUT2D eigenvalue weighted by molar-refractivity contribution is 6.11. The highest BCUT2D eigenvalue weighted by Crippen LogP contribution is 2.24. The minimum Gasteiger partial charge on any atom is -0.313 e. The lowest BCUT2D eigenvalue weighted by atomic mass is 10.0. The molecule has 0 aliphatic heterocycles. The van der Waals surface area contributed by atoms with Crippen molar-refractivity contribution >= 4 is 23.4 Å². The Kier molecular flexibility index (Phi) is 5.68. The fourth-order valence-corrected chi connectivity index (χ4v) is 3.71. The molecule has 3 aromatic heterocycles. The SMILES string of the molecule is Cc1cc(C)n(CC(=O)N/N=C/c2c(C)c(C(=O)c3ccc(F)cc3)n3ccccc23)n1. The molecule has 7 nitrogen and oxygen atoms in total. The summed E-state index contributed by atoms with van der Waals surface area (Å²) in [4.78, 5) is 25.4. The molecule has 1 N–H and O–H groups in total. The Balaban J connectivity index is 1.61. The van der Waals surface area contributed by atoms with Crippen LogP contribution in [0.1, 0.15) is 38.6 Å². The standard InChI is InChI=1S/C24H22FN5O2/c1-15-12-16(2)30(28-15)14-22(31)27-26-13-20-17(3)23(29-11-5-4-6-21(20)29)24(32)18-7-9-19(25)10-8-18/h4-13H,14H2,1-3H3,(H,27,31)/b26-13+. The molecule has 32 heavy (non-hydrogen) atoms. The number of nitrogens with zero attached hydrogens (tertiary/aromatic N) is 4. The molecule has 0 aliphatic rings. The number of amides is 1. The van der Waals surface area contributed by atoms with Gasteiger partial charge in [0.25, 0.3) is 5.91 Å². The van der Waals surface area contributed by atoms with Crippen LogP contribution in [0.5, 0.6) is 0 Å². The van der Waals surface area contributed by atoms with E-state index in [0.29, 0.717) is 22.4 Å². The summed E-state index contributed by atoms with van der Waals surface area (Å²) < 4.78 is 16.7. The molecule has 0 aliphatic carbocycles. The summed E-state index contributed by atoms with van der Waals surface area (Å²) in [7, 11) is 0. The van der Waals surface area contributed by atoms with Crippen LogP contribution < -0.4 is 5.43 Å². The van der Waals surface area contributed by atoms with Gasteiger partial charge in [0.1, 0.15) is 12.4 Å². The summed E-state index contributed by atoms with van der Waals surface area (Å²) in [5, 5.41) is 8.37. The van der Waals surface area contributed by atoms with Crippen molar-refractivity contribution in [3.05, 3.63) is 94.3 Å². The van der Waals surface area contributed by atoms with Gasteiger partial charge in [-0.15, -0.1) is 0 Å². The second-order valence-corrected chi connectivity index (χ2v) is 7.56. The molecular formula is C24H22FN5O2. The van der Waals surface area contributed by atoms with Crippen LogP contribution in [0.15, 0.2) is 59.8 Å². The van der Waals surface area contributed by atoms with Gasteiger partial charge in [0.15, 0.2) is 0 Å². The summed E-state index contributed by atoms with van der Waals surface area (Å²) in [6.07, 6.45) is 3.32. The maximum Gasteiger partial charge on any atom is 0.261 e. The van der Waals surface area contributed by atoms with Crippen LogP contribution in [0.2, 0.25) is 0 Å². The summed E-state index contributed by atoms with van der Waals surface area (Å²) in [5.41, 5.74) is 7.29. The predicted molar refractivity (Wildman–Crippen MR) is 119 cm³/mol. The zero-order valence-electron chi connectivity index (χ0n) is 18.0. The number of hydrogen-bond donors (Lipinski definition) is 1. The summed E-state index contributed by atoms with van der Waals surface area (Å²) in [6, 6.07) is 12.9. The van der Waals surface area contributed by atoms with Gasteiger partial charge >= 0.3 is 0 Å². The number of benzene rings is 1. The quantitative estimate of drug-likeness (QED) is 0.288. The number of carbonyl (C=O) groups is 2. The van der Waals surface area contributed by atoms with Gasteiger partial charge in [-0.2, -0.15) is 10.2 Å². The molecule has 1 aromatic carbocycles. The number of hydrogen-bond acceptors (Lipinski definition) is 4. The van der Waals surface area contributed by atoms with E-state index in [4.69, 9.17) is 0 Å². The molecule has 0 bridgehead atoms. The Morgan fingerprint density at radius 3 is 2.56 bits per heavy atom. The minimum absolute atomic E-state index is 0.0564. The molecule has 0 atom stereocenters. The Morgan fingerprint density at radius 2 is 1.88 bits per heavy atom. The van der Waals surface area contributed by atoms with E-state index in [2.05, 4.69) is 15.6 Å². The third-order valence-corrected chi connectivity index (χ3v) is 5.24. The second kappa shape index (κ2) is 8.58.